The first-order valence-electron chi connectivity index (χ1n) is 10.1. The zero-order valence-corrected chi connectivity index (χ0v) is 17.8. The predicted octanol–water partition coefficient (Wildman–Crippen LogP) is 4.51. The van der Waals surface area contributed by atoms with E-state index in [0.29, 0.717) is 27.4 Å². The molecule has 5 nitrogen and oxygen atoms in total. The van der Waals surface area contributed by atoms with E-state index in [9.17, 15) is 14.4 Å². The van der Waals surface area contributed by atoms with Crippen LogP contribution in [0.25, 0.3) is 21.8 Å². The Kier molecular flexibility index (Phi) is 5.42. The number of nitrogens with zero attached hydrogens (tertiary/aromatic N) is 1. The van der Waals surface area contributed by atoms with E-state index in [0.717, 1.165) is 16.7 Å². The second kappa shape index (κ2) is 8.19. The number of hydrogen-bond acceptors (Lipinski definition) is 4. The fourth-order valence-corrected chi connectivity index (χ4v) is 3.91. The van der Waals surface area contributed by atoms with Crippen LogP contribution >= 0.6 is 0 Å². The molecule has 0 amide bonds. The summed E-state index contributed by atoms with van der Waals surface area (Å²) in [4.78, 5) is 38.1. The van der Waals surface area contributed by atoms with Gasteiger partial charge in [-0.15, -0.1) is 0 Å². The molecular formula is C26H23NO4. The number of benzene rings is 3. The first-order chi connectivity index (χ1) is 14.9. The van der Waals surface area contributed by atoms with Gasteiger partial charge in [-0.3, -0.25) is 14.4 Å². The number of pyridine rings is 1. The third-order valence-corrected chi connectivity index (χ3v) is 5.67. The maximum atomic E-state index is 12.8. The van der Waals surface area contributed by atoms with Crippen molar-refractivity contribution in [1.82, 2.24) is 4.57 Å². The number of rotatable bonds is 5. The van der Waals surface area contributed by atoms with Gasteiger partial charge >= 0.3 is 5.97 Å². The molecule has 0 aliphatic rings. The van der Waals surface area contributed by atoms with Crippen LogP contribution in [-0.2, 0) is 16.1 Å². The third kappa shape index (κ3) is 3.87. The molecule has 0 N–H and O–H groups in total. The number of aryl methyl sites for hydroxylation is 3. The normalized spacial score (nSPS) is 11.1. The van der Waals surface area contributed by atoms with Crippen LogP contribution in [0, 0.1) is 20.8 Å². The van der Waals surface area contributed by atoms with Gasteiger partial charge in [0.05, 0.1) is 11.0 Å². The molecule has 0 bridgehead atoms. The fourth-order valence-electron chi connectivity index (χ4n) is 3.91. The van der Waals surface area contributed by atoms with Gasteiger partial charge in [0.25, 0.3) is 0 Å². The number of carbonyl (C=O) groups excluding carboxylic acids is 2. The Bertz CT molecular complexity index is 1340. The molecule has 1 heterocycles. The van der Waals surface area contributed by atoms with Crippen molar-refractivity contribution in [3.8, 4) is 0 Å². The molecule has 0 saturated heterocycles. The van der Waals surface area contributed by atoms with Crippen LogP contribution in [0.5, 0.6) is 0 Å². The van der Waals surface area contributed by atoms with E-state index in [1.165, 1.54) is 0 Å². The minimum absolute atomic E-state index is 0.0730. The molecule has 156 valence electrons. The van der Waals surface area contributed by atoms with Gasteiger partial charge in [-0.2, -0.15) is 0 Å². The van der Waals surface area contributed by atoms with Crippen molar-refractivity contribution in [2.75, 3.05) is 6.61 Å². The van der Waals surface area contributed by atoms with Crippen molar-refractivity contribution in [1.29, 1.82) is 0 Å². The molecule has 0 fully saturated rings. The van der Waals surface area contributed by atoms with Crippen molar-refractivity contribution in [3.63, 3.8) is 0 Å². The summed E-state index contributed by atoms with van der Waals surface area (Å²) in [6, 6.07) is 18.1. The maximum Gasteiger partial charge on any atom is 0.326 e. The van der Waals surface area contributed by atoms with E-state index < -0.39 is 5.97 Å². The Balaban J connectivity index is 1.61. The summed E-state index contributed by atoms with van der Waals surface area (Å²) in [5, 5.41) is 1.08. The molecule has 0 radical (unpaired) electrons. The van der Waals surface area contributed by atoms with Gasteiger partial charge in [0.1, 0.15) is 6.54 Å². The average molecular weight is 413 g/mol. The van der Waals surface area contributed by atoms with Crippen LogP contribution in [0.1, 0.15) is 27.0 Å². The van der Waals surface area contributed by atoms with Gasteiger partial charge in [-0.25, -0.2) is 0 Å². The Morgan fingerprint density at radius 2 is 1.35 bits per heavy atom. The molecular weight excluding hydrogens is 390 g/mol. The molecule has 0 aliphatic heterocycles. The van der Waals surface area contributed by atoms with Crippen LogP contribution in [0.3, 0.4) is 0 Å². The van der Waals surface area contributed by atoms with Crippen LogP contribution < -0.4 is 5.43 Å². The molecule has 0 spiro atoms. The zero-order valence-electron chi connectivity index (χ0n) is 17.8. The van der Waals surface area contributed by atoms with Crippen molar-refractivity contribution >= 4 is 33.6 Å². The molecule has 0 aliphatic carbocycles. The number of carbonyl (C=O) groups is 2. The van der Waals surface area contributed by atoms with Gasteiger partial charge in [0, 0.05) is 16.3 Å². The second-order valence-electron chi connectivity index (χ2n) is 7.78. The molecule has 0 saturated carbocycles. The van der Waals surface area contributed by atoms with Gasteiger partial charge in [-0.1, -0.05) is 30.3 Å². The lowest BCUT2D eigenvalue weighted by Crippen LogP contribution is -2.21. The van der Waals surface area contributed by atoms with E-state index in [4.69, 9.17) is 4.74 Å². The summed E-state index contributed by atoms with van der Waals surface area (Å²) in [5.74, 6) is -0.766. The summed E-state index contributed by atoms with van der Waals surface area (Å²) >= 11 is 0. The van der Waals surface area contributed by atoms with E-state index in [2.05, 4.69) is 0 Å². The van der Waals surface area contributed by atoms with Crippen LogP contribution in [0.2, 0.25) is 0 Å². The number of esters is 1. The number of ether oxygens (including phenoxy) is 1. The van der Waals surface area contributed by atoms with Gasteiger partial charge in [0.15, 0.2) is 12.0 Å². The summed E-state index contributed by atoms with van der Waals surface area (Å²) in [6.45, 7) is 5.40. The Labute approximate surface area is 179 Å². The van der Waals surface area contributed by atoms with Crippen LogP contribution in [-0.4, -0.2) is 22.9 Å². The second-order valence-corrected chi connectivity index (χ2v) is 7.78. The van der Waals surface area contributed by atoms with Gasteiger partial charge in [-0.05, 0) is 67.8 Å². The highest BCUT2D eigenvalue weighted by Gasteiger charge is 2.16. The zero-order chi connectivity index (χ0) is 22.1. The highest BCUT2D eigenvalue weighted by Crippen LogP contribution is 2.20. The predicted molar refractivity (Wildman–Crippen MR) is 122 cm³/mol. The standard InChI is InChI=1S/C26H23NO4/c1-16-12-18(3)21(13-17(16)2)24(28)15-31-25(29)14-27-22-10-6-4-8-19(22)26(30)20-9-5-7-11-23(20)27/h4-13H,14-15H2,1-3H3. The Hall–Kier alpha value is -3.73. The average Bonchev–Trinajstić information content (AvgIpc) is 2.77. The maximum absolute atomic E-state index is 12.8. The van der Waals surface area contributed by atoms with Crippen molar-refractivity contribution in [2.24, 2.45) is 0 Å². The molecule has 4 rings (SSSR count). The Morgan fingerprint density at radius 3 is 1.97 bits per heavy atom. The van der Waals surface area contributed by atoms with E-state index in [1.54, 1.807) is 41.0 Å². The highest BCUT2D eigenvalue weighted by molar-refractivity contribution is 5.99. The van der Waals surface area contributed by atoms with Gasteiger partial charge < -0.3 is 9.30 Å². The summed E-state index contributed by atoms with van der Waals surface area (Å²) in [6.07, 6.45) is 0. The van der Waals surface area contributed by atoms with Crippen LogP contribution in [0.15, 0.2) is 65.5 Å². The van der Waals surface area contributed by atoms with E-state index >= 15 is 0 Å². The largest absolute Gasteiger partial charge is 0.456 e. The third-order valence-electron chi connectivity index (χ3n) is 5.67. The number of ketones is 1. The van der Waals surface area contributed by atoms with E-state index in [-0.39, 0.29) is 24.4 Å². The summed E-state index contributed by atoms with van der Waals surface area (Å²) in [7, 11) is 0. The molecule has 3 aromatic carbocycles. The number of aromatic nitrogens is 1. The van der Waals surface area contributed by atoms with Crippen molar-refractivity contribution in [2.45, 2.75) is 27.3 Å². The quantitative estimate of drug-likeness (QED) is 0.274. The molecule has 4 aromatic rings. The monoisotopic (exact) mass is 413 g/mol. The Morgan fingerprint density at radius 1 is 0.806 bits per heavy atom. The lowest BCUT2D eigenvalue weighted by molar-refractivity contribution is -0.143. The van der Waals surface area contributed by atoms with Crippen molar-refractivity contribution in [3.05, 3.63) is 93.1 Å². The topological polar surface area (TPSA) is 65.4 Å². The molecule has 1 aromatic heterocycles. The number of para-hydroxylation sites is 2. The minimum atomic E-state index is -0.534. The number of fused-ring (bicyclic) bond motifs is 2. The highest BCUT2D eigenvalue weighted by atomic mass is 16.5. The number of Topliss-reactive ketones (excluding diaryl/α,β-unsaturated/α-hetero) is 1. The van der Waals surface area contributed by atoms with Gasteiger partial charge in [0.2, 0.25) is 5.78 Å². The van der Waals surface area contributed by atoms with Crippen molar-refractivity contribution < 1.29 is 14.3 Å². The minimum Gasteiger partial charge on any atom is -0.456 e. The smallest absolute Gasteiger partial charge is 0.326 e. The molecule has 5 heteroatoms. The summed E-state index contributed by atoms with van der Waals surface area (Å²) < 4.78 is 7.09. The lowest BCUT2D eigenvalue weighted by atomic mass is 9.98. The fraction of sp³-hybridized carbons (Fsp3) is 0.192. The molecule has 0 atom stereocenters. The molecule has 31 heavy (non-hydrogen) atoms. The van der Waals surface area contributed by atoms with Crippen LogP contribution in [0.4, 0.5) is 0 Å². The molecule has 0 unspecified atom stereocenters. The summed E-state index contributed by atoms with van der Waals surface area (Å²) in [5.41, 5.74) is 4.79. The first-order valence-corrected chi connectivity index (χ1v) is 10.1. The SMILES string of the molecule is Cc1cc(C)c(C(=O)COC(=O)Cn2c3ccccc3c(=O)c3ccccc32)cc1C. The first kappa shape index (κ1) is 20.5. The lowest BCUT2D eigenvalue weighted by Gasteiger charge is -2.15. The number of hydrogen-bond donors (Lipinski definition) is 0. The van der Waals surface area contributed by atoms with E-state index in [1.807, 2.05) is 45.0 Å².